The lowest BCUT2D eigenvalue weighted by atomic mass is 9.97. The van der Waals surface area contributed by atoms with Crippen LogP contribution < -0.4 is 10.3 Å². The largest absolute Gasteiger partial charge is 0.494 e. The minimum absolute atomic E-state index is 0.0943. The molecule has 148 valence electrons. The van der Waals surface area contributed by atoms with E-state index in [1.165, 1.54) is 51.0 Å². The first kappa shape index (κ1) is 18.7. The Morgan fingerprint density at radius 3 is 2.75 bits per heavy atom. The van der Waals surface area contributed by atoms with E-state index in [-0.39, 0.29) is 5.56 Å². The Morgan fingerprint density at radius 2 is 1.89 bits per heavy atom. The fraction of sp³-hybridized carbons (Fsp3) is 0.524. The first-order valence-corrected chi connectivity index (χ1v) is 10.3. The number of aromatic nitrogens is 5. The molecule has 7 nitrogen and oxygen atoms in total. The molecule has 0 radical (unpaired) electrons. The summed E-state index contributed by atoms with van der Waals surface area (Å²) in [5, 5.41) is 13.4. The highest BCUT2D eigenvalue weighted by molar-refractivity contribution is 5.79. The third-order valence-electron chi connectivity index (χ3n) is 5.49. The summed E-state index contributed by atoms with van der Waals surface area (Å²) in [7, 11) is 0. The SMILES string of the molecule is O=c1ccc2cc(OCCCc3nnnn3C3CCCCCCC3)ccc2[nH]1. The first-order chi connectivity index (χ1) is 13.8. The third-order valence-corrected chi connectivity index (χ3v) is 5.49. The molecule has 0 spiro atoms. The van der Waals surface area contributed by atoms with Gasteiger partial charge >= 0.3 is 0 Å². The van der Waals surface area contributed by atoms with Crippen molar-refractivity contribution in [2.24, 2.45) is 0 Å². The monoisotopic (exact) mass is 381 g/mol. The van der Waals surface area contributed by atoms with E-state index in [1.807, 2.05) is 24.3 Å². The average Bonchev–Trinajstić information content (AvgIpc) is 3.13. The Balaban J connectivity index is 1.31. The van der Waals surface area contributed by atoms with E-state index in [2.05, 4.69) is 25.2 Å². The summed E-state index contributed by atoms with van der Waals surface area (Å²) < 4.78 is 7.95. The molecule has 1 saturated carbocycles. The summed E-state index contributed by atoms with van der Waals surface area (Å²) in [5.74, 6) is 1.77. The summed E-state index contributed by atoms with van der Waals surface area (Å²) in [5.41, 5.74) is 0.724. The molecule has 0 bridgehead atoms. The van der Waals surface area contributed by atoms with Crippen molar-refractivity contribution < 1.29 is 4.74 Å². The van der Waals surface area contributed by atoms with Crippen LogP contribution >= 0.6 is 0 Å². The van der Waals surface area contributed by atoms with Crippen molar-refractivity contribution in [2.45, 2.75) is 63.8 Å². The predicted molar refractivity (Wildman–Crippen MR) is 108 cm³/mol. The second kappa shape index (κ2) is 8.99. The van der Waals surface area contributed by atoms with Gasteiger partial charge in [-0.2, -0.15) is 0 Å². The van der Waals surface area contributed by atoms with Gasteiger partial charge in [-0.25, -0.2) is 4.68 Å². The Bertz CT molecular complexity index is 957. The first-order valence-electron chi connectivity index (χ1n) is 10.3. The summed E-state index contributed by atoms with van der Waals surface area (Å²) in [6.07, 6.45) is 10.5. The number of hydrogen-bond acceptors (Lipinski definition) is 5. The number of ether oxygens (including phenoxy) is 1. The van der Waals surface area contributed by atoms with Crippen molar-refractivity contribution in [3.05, 3.63) is 46.5 Å². The van der Waals surface area contributed by atoms with Gasteiger partial charge in [-0.15, -0.1) is 5.10 Å². The summed E-state index contributed by atoms with van der Waals surface area (Å²) in [4.78, 5) is 14.2. The quantitative estimate of drug-likeness (QED) is 0.656. The van der Waals surface area contributed by atoms with Crippen LogP contribution in [-0.4, -0.2) is 31.8 Å². The molecule has 2 aromatic heterocycles. The van der Waals surface area contributed by atoms with E-state index in [0.717, 1.165) is 35.3 Å². The molecule has 0 unspecified atom stereocenters. The Kier molecular flexibility index (Phi) is 5.99. The molecule has 0 aliphatic heterocycles. The van der Waals surface area contributed by atoms with Gasteiger partial charge in [0.25, 0.3) is 0 Å². The van der Waals surface area contributed by atoms with Gasteiger partial charge in [0.2, 0.25) is 5.56 Å². The maximum absolute atomic E-state index is 11.4. The zero-order chi connectivity index (χ0) is 19.2. The van der Waals surface area contributed by atoms with Crippen LogP contribution in [0, 0.1) is 0 Å². The maximum Gasteiger partial charge on any atom is 0.248 e. The molecule has 0 amide bonds. The molecule has 28 heavy (non-hydrogen) atoms. The number of tetrazole rings is 1. The van der Waals surface area contributed by atoms with E-state index in [9.17, 15) is 4.79 Å². The molecule has 2 heterocycles. The minimum atomic E-state index is -0.0943. The number of nitrogens with zero attached hydrogens (tertiary/aromatic N) is 4. The third kappa shape index (κ3) is 4.58. The molecule has 0 atom stereocenters. The van der Waals surface area contributed by atoms with E-state index >= 15 is 0 Å². The highest BCUT2D eigenvalue weighted by Crippen LogP contribution is 2.26. The smallest absolute Gasteiger partial charge is 0.248 e. The van der Waals surface area contributed by atoms with E-state index in [0.29, 0.717) is 12.6 Å². The van der Waals surface area contributed by atoms with Crippen molar-refractivity contribution in [3.63, 3.8) is 0 Å². The van der Waals surface area contributed by atoms with Crippen LogP contribution in [0.4, 0.5) is 0 Å². The zero-order valence-corrected chi connectivity index (χ0v) is 16.1. The van der Waals surface area contributed by atoms with Gasteiger partial charge in [0.1, 0.15) is 5.75 Å². The molecule has 4 rings (SSSR count). The number of aromatic amines is 1. The highest BCUT2D eigenvalue weighted by atomic mass is 16.5. The van der Waals surface area contributed by atoms with E-state index in [4.69, 9.17) is 4.74 Å². The fourth-order valence-corrected chi connectivity index (χ4v) is 3.98. The van der Waals surface area contributed by atoms with Crippen molar-refractivity contribution in [2.75, 3.05) is 6.61 Å². The van der Waals surface area contributed by atoms with Crippen molar-refractivity contribution in [1.82, 2.24) is 25.2 Å². The van der Waals surface area contributed by atoms with Crippen molar-refractivity contribution in [1.29, 1.82) is 0 Å². The minimum Gasteiger partial charge on any atom is -0.494 e. The van der Waals surface area contributed by atoms with Crippen LogP contribution in [0.5, 0.6) is 5.75 Å². The number of rotatable bonds is 6. The van der Waals surface area contributed by atoms with Crippen LogP contribution in [0.15, 0.2) is 35.1 Å². The topological polar surface area (TPSA) is 85.7 Å². The summed E-state index contributed by atoms with van der Waals surface area (Å²) in [6.45, 7) is 0.604. The Morgan fingerprint density at radius 1 is 1.07 bits per heavy atom. The standard InChI is InChI=1S/C21H27N5O2/c27-21-13-10-16-15-18(11-12-19(16)22-21)28-14-6-9-20-23-24-25-26(20)17-7-4-2-1-3-5-8-17/h10-13,15,17H,1-9,14H2,(H,22,27). The normalized spacial score (nSPS) is 16.0. The Labute approximate surface area is 164 Å². The molecule has 1 aromatic carbocycles. The number of benzene rings is 1. The van der Waals surface area contributed by atoms with Crippen LogP contribution in [0.25, 0.3) is 10.9 Å². The van der Waals surface area contributed by atoms with Crippen molar-refractivity contribution >= 4 is 10.9 Å². The van der Waals surface area contributed by atoms with Gasteiger partial charge in [0.05, 0.1) is 12.6 Å². The molecule has 3 aromatic rings. The maximum atomic E-state index is 11.4. The lowest BCUT2D eigenvalue weighted by molar-refractivity contribution is 0.302. The van der Waals surface area contributed by atoms with E-state index in [1.54, 1.807) is 0 Å². The van der Waals surface area contributed by atoms with Crippen LogP contribution in [0.2, 0.25) is 0 Å². The van der Waals surface area contributed by atoms with Crippen molar-refractivity contribution in [3.8, 4) is 5.75 Å². The molecule has 0 saturated heterocycles. The molecule has 1 aliphatic rings. The number of H-pyrrole nitrogens is 1. The van der Waals surface area contributed by atoms with Gasteiger partial charge in [-0.1, -0.05) is 32.1 Å². The molecule has 1 N–H and O–H groups in total. The number of hydrogen-bond donors (Lipinski definition) is 1. The van der Waals surface area contributed by atoms with Gasteiger partial charge < -0.3 is 9.72 Å². The molecule has 1 aliphatic carbocycles. The second-order valence-corrected chi connectivity index (χ2v) is 7.56. The van der Waals surface area contributed by atoms with Crippen LogP contribution in [0.1, 0.15) is 63.2 Å². The summed E-state index contributed by atoms with van der Waals surface area (Å²) in [6, 6.07) is 9.49. The lowest BCUT2D eigenvalue weighted by Gasteiger charge is -2.20. The molecular weight excluding hydrogens is 354 g/mol. The number of fused-ring (bicyclic) bond motifs is 1. The highest BCUT2D eigenvalue weighted by Gasteiger charge is 2.18. The predicted octanol–water partition coefficient (Wildman–Crippen LogP) is 3.81. The number of aryl methyl sites for hydroxylation is 1. The van der Waals surface area contributed by atoms with Gasteiger partial charge in [-0.3, -0.25) is 4.79 Å². The molecule has 1 fully saturated rings. The van der Waals surface area contributed by atoms with E-state index < -0.39 is 0 Å². The Hall–Kier alpha value is -2.70. The van der Waals surface area contributed by atoms with Gasteiger partial charge in [0, 0.05) is 23.4 Å². The fourth-order valence-electron chi connectivity index (χ4n) is 3.98. The van der Waals surface area contributed by atoms with Crippen LogP contribution in [-0.2, 0) is 6.42 Å². The molecule has 7 heteroatoms. The second-order valence-electron chi connectivity index (χ2n) is 7.56. The average molecular weight is 381 g/mol. The molecular formula is C21H27N5O2. The lowest BCUT2D eigenvalue weighted by Crippen LogP contribution is -2.16. The van der Waals surface area contributed by atoms with Gasteiger partial charge in [0.15, 0.2) is 5.82 Å². The van der Waals surface area contributed by atoms with Gasteiger partial charge in [-0.05, 0) is 54.0 Å². The summed E-state index contributed by atoms with van der Waals surface area (Å²) >= 11 is 0. The zero-order valence-electron chi connectivity index (χ0n) is 16.1. The number of nitrogens with one attached hydrogen (secondary N) is 1. The number of pyridine rings is 1. The van der Waals surface area contributed by atoms with Crippen LogP contribution in [0.3, 0.4) is 0 Å².